The van der Waals surface area contributed by atoms with Crippen molar-refractivity contribution in [1.29, 1.82) is 10.5 Å². The van der Waals surface area contributed by atoms with Gasteiger partial charge in [-0.2, -0.15) is 5.26 Å². The zero-order chi connectivity index (χ0) is 9.54. The average molecular weight is 353 g/mol. The minimum absolute atomic E-state index is 0. The van der Waals surface area contributed by atoms with E-state index in [9.17, 15) is 0 Å². The normalized spacial score (nSPS) is 3.00. The standard InChI is InChI=1S/C2N2S.CH2N2.CS2.2CH4.3Na.H2O.H2S/c3-1-4-2-5;2*2-1-3;;;;;;;/h;2H2;;2*1H4;;;;2*1H2/q-2;;;;;3*+1;;/p-2. The third kappa shape index (κ3) is 305. The van der Waals surface area contributed by atoms with E-state index in [1.165, 1.54) is 12.4 Å². The molecule has 90 valence electrons. The molecule has 0 heterocycles. The topological polar surface area (TPSA) is 116 Å². The summed E-state index contributed by atoms with van der Waals surface area (Å²) in [6.45, 7) is 0. The molecule has 0 aliphatic rings. The molecule has 0 radical (unpaired) electrons. The van der Waals surface area contributed by atoms with Crippen molar-refractivity contribution in [3.63, 3.8) is 0 Å². The van der Waals surface area contributed by atoms with Gasteiger partial charge in [-0.15, -0.1) is 0 Å². The van der Waals surface area contributed by atoms with Crippen LogP contribution in [-0.2, 0) is 26.1 Å². The molecule has 0 aliphatic carbocycles. The fourth-order valence-corrected chi connectivity index (χ4v) is 0.0612. The number of rotatable bonds is 0. The summed E-state index contributed by atoms with van der Waals surface area (Å²) in [6.07, 6.45) is 2.68. The Kier molecular flexibility index (Phi) is 488. The van der Waals surface area contributed by atoms with Gasteiger partial charge in [0.2, 0.25) is 0 Å². The Morgan fingerprint density at radius 1 is 1.11 bits per heavy atom. The summed E-state index contributed by atoms with van der Waals surface area (Å²) in [4.78, 5) is 2.84. The van der Waals surface area contributed by atoms with Crippen molar-refractivity contribution in [1.82, 2.24) is 0 Å². The molecule has 0 aliphatic heterocycles. The van der Waals surface area contributed by atoms with E-state index in [1.807, 2.05) is 9.86 Å². The molecule has 18 heavy (non-hydrogen) atoms. The molecule has 0 fully saturated rings. The number of nitriles is 2. The second kappa shape index (κ2) is 123. The quantitative estimate of drug-likeness (QED) is 0.0525. The largest absolute Gasteiger partial charge is 1.00 e. The molecular formula is C6H12N4Na3OS4-. The average Bonchev–Trinajstić information content (AvgIpc) is 1.92. The van der Waals surface area contributed by atoms with Crippen molar-refractivity contribution in [2.45, 2.75) is 14.9 Å². The molecular weight excluding hydrogens is 341 g/mol. The van der Waals surface area contributed by atoms with Crippen LogP contribution in [0.2, 0.25) is 0 Å². The van der Waals surface area contributed by atoms with E-state index >= 15 is 0 Å². The Bertz CT molecular complexity index is 214. The van der Waals surface area contributed by atoms with Crippen LogP contribution in [0.5, 0.6) is 0 Å². The summed E-state index contributed by atoms with van der Waals surface area (Å²) >= 11 is 11.9. The van der Waals surface area contributed by atoms with Gasteiger partial charge in [0.25, 0.3) is 0 Å². The Hall–Kier alpha value is 2.20. The van der Waals surface area contributed by atoms with Crippen LogP contribution >= 0.6 is 24.4 Å². The maximum Gasteiger partial charge on any atom is 1.00 e. The third-order valence-corrected chi connectivity index (χ3v) is 0.187. The predicted molar refractivity (Wildman–Crippen MR) is 74.6 cm³/mol. The molecule has 3 N–H and O–H groups in total. The zero-order valence-corrected chi connectivity index (χ0v) is 18.4. The summed E-state index contributed by atoms with van der Waals surface area (Å²) in [5.74, 6) is 0. The summed E-state index contributed by atoms with van der Waals surface area (Å²) < 4.78 is 1.92. The molecule has 0 aromatic heterocycles. The van der Waals surface area contributed by atoms with E-state index in [0.29, 0.717) is 0 Å². The Morgan fingerprint density at radius 2 is 1.28 bits per heavy atom. The number of thiol groups is 1. The molecule has 0 spiro atoms. The SMILES string of the molecule is C.C.N#CN.N#CN=[C-][S-].S=C=S.[Na+].[Na+].[Na+].[OH-].[SH-]. The van der Waals surface area contributed by atoms with Gasteiger partial charge in [-0.25, -0.2) is 0 Å². The molecule has 0 rings (SSSR count). The first kappa shape index (κ1) is 71.6. The Morgan fingerprint density at radius 3 is 1.28 bits per heavy atom. The molecule has 0 saturated heterocycles. The van der Waals surface area contributed by atoms with E-state index in [-0.39, 0.29) is 122 Å². The van der Waals surface area contributed by atoms with Crippen molar-refractivity contribution >= 4 is 60.4 Å². The van der Waals surface area contributed by atoms with Gasteiger partial charge in [0.15, 0.2) is 6.19 Å². The van der Waals surface area contributed by atoms with Gasteiger partial charge in [0.05, 0.1) is 0 Å². The first-order valence-corrected chi connectivity index (χ1v) is 3.02. The molecule has 12 heteroatoms. The van der Waals surface area contributed by atoms with Gasteiger partial charge in [-0.05, 0) is 30.6 Å². The first-order chi connectivity index (χ1) is 5.24. The van der Waals surface area contributed by atoms with Crippen molar-refractivity contribution < 1.29 is 94.1 Å². The number of nitrogens with zero attached hydrogens (tertiary/aromatic N) is 3. The Labute approximate surface area is 199 Å². The van der Waals surface area contributed by atoms with Crippen molar-refractivity contribution in [2.75, 3.05) is 0 Å². The van der Waals surface area contributed by atoms with Gasteiger partial charge in [0, 0.05) is 4.31 Å². The van der Waals surface area contributed by atoms with Crippen molar-refractivity contribution in [3.05, 3.63) is 0 Å². The second-order valence-electron chi connectivity index (χ2n) is 0.516. The van der Waals surface area contributed by atoms with Crippen LogP contribution in [0.1, 0.15) is 14.9 Å². The van der Waals surface area contributed by atoms with E-state index in [0.717, 1.165) is 0 Å². The van der Waals surface area contributed by atoms with Crippen LogP contribution in [-0.4, -0.2) is 15.3 Å². The number of hydrogen-bond donors (Lipinski definition) is 1. The van der Waals surface area contributed by atoms with Gasteiger partial charge in [0.1, 0.15) is 0 Å². The van der Waals surface area contributed by atoms with Gasteiger partial charge in [-0.1, -0.05) is 14.9 Å². The maximum atomic E-state index is 7.52. The van der Waals surface area contributed by atoms with E-state index < -0.39 is 0 Å². The monoisotopic (exact) mass is 353 g/mol. The van der Waals surface area contributed by atoms with Gasteiger partial charge >= 0.3 is 88.7 Å². The summed E-state index contributed by atoms with van der Waals surface area (Å²) in [5.41, 5.74) is 6.02. The molecule has 0 saturated carbocycles. The van der Waals surface area contributed by atoms with Crippen LogP contribution < -0.4 is 94.4 Å². The predicted octanol–water partition coefficient (Wildman–Crippen LogP) is -7.80. The molecule has 0 atom stereocenters. The van der Waals surface area contributed by atoms with Crippen LogP contribution in [0.15, 0.2) is 4.99 Å². The summed E-state index contributed by atoms with van der Waals surface area (Å²) in [5, 5.41) is 14.6. The number of thiocarbonyl (C=S) groups is 2. The molecule has 0 amide bonds. The van der Waals surface area contributed by atoms with Crippen molar-refractivity contribution in [2.24, 2.45) is 10.7 Å². The van der Waals surface area contributed by atoms with Gasteiger partial charge in [-0.3, -0.25) is 0 Å². The van der Waals surface area contributed by atoms with Crippen LogP contribution in [0, 0.1) is 22.9 Å². The van der Waals surface area contributed by atoms with Crippen LogP contribution in [0.3, 0.4) is 0 Å². The molecule has 0 unspecified atom stereocenters. The Balaban J connectivity index is -0.00000000574. The van der Waals surface area contributed by atoms with Gasteiger partial charge < -0.3 is 53.1 Å². The molecule has 0 aromatic carbocycles. The zero-order valence-electron chi connectivity index (χ0n) is 9.04. The third-order valence-electron chi connectivity index (χ3n) is 0.0956. The van der Waals surface area contributed by atoms with E-state index in [2.05, 4.69) is 47.8 Å². The van der Waals surface area contributed by atoms with E-state index in [4.69, 9.17) is 10.5 Å². The summed E-state index contributed by atoms with van der Waals surface area (Å²) in [7, 11) is 0. The fourth-order valence-electron chi connectivity index (χ4n) is 0.0204. The minimum atomic E-state index is 0. The number of nitrogens with two attached hydrogens (primary N) is 1. The van der Waals surface area contributed by atoms with E-state index in [1.54, 1.807) is 0 Å². The maximum absolute atomic E-state index is 7.52. The summed E-state index contributed by atoms with van der Waals surface area (Å²) in [6, 6.07) is 0. The number of aliphatic imine (C=N–C) groups is 1. The van der Waals surface area contributed by atoms with Crippen molar-refractivity contribution in [3.8, 4) is 12.4 Å². The smallest absolute Gasteiger partial charge is 0.895 e. The second-order valence-corrected chi connectivity index (χ2v) is 1.36. The molecule has 0 aromatic rings. The minimum Gasteiger partial charge on any atom is -0.895 e. The van der Waals surface area contributed by atoms with Crippen LogP contribution in [0.25, 0.3) is 0 Å². The molecule has 5 nitrogen and oxygen atoms in total. The number of hydrogen-bond acceptors (Lipinski definition) is 9. The van der Waals surface area contributed by atoms with Crippen LogP contribution in [0.4, 0.5) is 0 Å². The fraction of sp³-hybridized carbons (Fsp3) is 0.333. The first-order valence-electron chi connectivity index (χ1n) is 1.80. The molecule has 0 bridgehead atoms.